The first kappa shape index (κ1) is 16.8. The van der Waals surface area contributed by atoms with Crippen molar-refractivity contribution in [3.05, 3.63) is 41.2 Å². The Balaban J connectivity index is 1.49. The number of hydrogen-bond donors (Lipinski definition) is 2. The lowest BCUT2D eigenvalue weighted by atomic mass is 10.1. The van der Waals surface area contributed by atoms with E-state index in [0.717, 1.165) is 17.0 Å². The van der Waals surface area contributed by atoms with Crippen molar-refractivity contribution >= 4 is 11.8 Å². The standard InChI is InChI=1S/C17H20N4O4/c1-11-7-12(2)21(20-11)10-17(23)19-18-16(22)9-13-3-4-14-15(8-13)25-6-5-24-14/h3-4,7-8H,5-6,9-10H2,1-2H3,(H,18,22)(H,19,23). The molecule has 0 radical (unpaired) electrons. The molecule has 2 aromatic rings. The van der Waals surface area contributed by atoms with Crippen molar-refractivity contribution in [3.8, 4) is 11.5 Å². The lowest BCUT2D eigenvalue weighted by Gasteiger charge is -2.18. The third-order valence-electron chi connectivity index (χ3n) is 3.71. The second kappa shape index (κ2) is 7.25. The zero-order valence-corrected chi connectivity index (χ0v) is 14.2. The maximum absolute atomic E-state index is 12.0. The van der Waals surface area contributed by atoms with Crippen LogP contribution in [0.15, 0.2) is 24.3 Å². The van der Waals surface area contributed by atoms with Gasteiger partial charge in [-0.2, -0.15) is 5.10 Å². The fourth-order valence-electron chi connectivity index (χ4n) is 2.58. The van der Waals surface area contributed by atoms with E-state index < -0.39 is 0 Å². The van der Waals surface area contributed by atoms with Crippen LogP contribution >= 0.6 is 0 Å². The molecule has 0 fully saturated rings. The van der Waals surface area contributed by atoms with Crippen LogP contribution in [-0.2, 0) is 22.6 Å². The number of nitrogens with one attached hydrogen (secondary N) is 2. The third-order valence-corrected chi connectivity index (χ3v) is 3.71. The van der Waals surface area contributed by atoms with E-state index in [1.165, 1.54) is 0 Å². The van der Waals surface area contributed by atoms with Crippen LogP contribution in [0.1, 0.15) is 17.0 Å². The van der Waals surface area contributed by atoms with Gasteiger partial charge in [-0.05, 0) is 37.6 Å². The van der Waals surface area contributed by atoms with Gasteiger partial charge in [-0.3, -0.25) is 25.1 Å². The number of hydrogen-bond acceptors (Lipinski definition) is 5. The summed E-state index contributed by atoms with van der Waals surface area (Å²) in [5.74, 6) is 0.638. The number of hydrazine groups is 1. The molecule has 1 aliphatic rings. The molecule has 0 aliphatic carbocycles. The minimum atomic E-state index is -0.346. The summed E-state index contributed by atoms with van der Waals surface area (Å²) in [5, 5.41) is 4.20. The summed E-state index contributed by atoms with van der Waals surface area (Å²) >= 11 is 0. The highest BCUT2D eigenvalue weighted by Gasteiger charge is 2.14. The fourth-order valence-corrected chi connectivity index (χ4v) is 2.58. The molecular weight excluding hydrogens is 324 g/mol. The summed E-state index contributed by atoms with van der Waals surface area (Å²) in [6.07, 6.45) is 0.122. The number of benzene rings is 1. The Morgan fingerprint density at radius 3 is 2.52 bits per heavy atom. The highest BCUT2D eigenvalue weighted by Crippen LogP contribution is 2.30. The quantitative estimate of drug-likeness (QED) is 0.795. The zero-order valence-electron chi connectivity index (χ0n) is 14.2. The van der Waals surface area contributed by atoms with Crippen molar-refractivity contribution in [1.29, 1.82) is 0 Å². The number of fused-ring (bicyclic) bond motifs is 1. The van der Waals surface area contributed by atoms with Crippen molar-refractivity contribution in [3.63, 3.8) is 0 Å². The number of nitrogens with zero attached hydrogens (tertiary/aromatic N) is 2. The summed E-state index contributed by atoms with van der Waals surface area (Å²) < 4.78 is 12.5. The topological polar surface area (TPSA) is 94.5 Å². The fraction of sp³-hybridized carbons (Fsp3) is 0.353. The molecule has 1 aromatic heterocycles. The average Bonchev–Trinajstić information content (AvgIpc) is 2.90. The Labute approximate surface area is 145 Å². The van der Waals surface area contributed by atoms with E-state index >= 15 is 0 Å². The molecule has 132 valence electrons. The second-order valence-electron chi connectivity index (χ2n) is 5.84. The summed E-state index contributed by atoms with van der Waals surface area (Å²) in [6, 6.07) is 7.23. The summed E-state index contributed by atoms with van der Waals surface area (Å²) in [5.41, 5.74) is 7.30. The molecule has 2 heterocycles. The Morgan fingerprint density at radius 1 is 1.08 bits per heavy atom. The number of aryl methyl sites for hydroxylation is 2. The van der Waals surface area contributed by atoms with Gasteiger partial charge in [0.1, 0.15) is 19.8 Å². The molecule has 0 spiro atoms. The Bertz CT molecular complexity index is 800. The van der Waals surface area contributed by atoms with Gasteiger partial charge in [0.05, 0.1) is 12.1 Å². The average molecular weight is 344 g/mol. The van der Waals surface area contributed by atoms with E-state index in [9.17, 15) is 9.59 Å². The van der Waals surface area contributed by atoms with Gasteiger partial charge >= 0.3 is 0 Å². The predicted molar refractivity (Wildman–Crippen MR) is 89.1 cm³/mol. The smallest absolute Gasteiger partial charge is 0.260 e. The highest BCUT2D eigenvalue weighted by atomic mass is 16.6. The molecular formula is C17H20N4O4. The normalized spacial score (nSPS) is 12.6. The number of rotatable bonds is 4. The lowest BCUT2D eigenvalue weighted by molar-refractivity contribution is -0.129. The summed E-state index contributed by atoms with van der Waals surface area (Å²) in [4.78, 5) is 23.9. The van der Waals surface area contributed by atoms with Crippen LogP contribution in [0.5, 0.6) is 11.5 Å². The van der Waals surface area contributed by atoms with Gasteiger partial charge in [0.2, 0.25) is 5.91 Å². The van der Waals surface area contributed by atoms with Crippen LogP contribution in [-0.4, -0.2) is 34.8 Å². The van der Waals surface area contributed by atoms with Crippen molar-refractivity contribution in [1.82, 2.24) is 20.6 Å². The monoisotopic (exact) mass is 344 g/mol. The number of carbonyl (C=O) groups excluding carboxylic acids is 2. The number of ether oxygens (including phenoxy) is 2. The Hall–Kier alpha value is -3.03. The van der Waals surface area contributed by atoms with E-state index in [4.69, 9.17) is 9.47 Å². The number of carbonyl (C=O) groups is 2. The molecule has 0 bridgehead atoms. The summed E-state index contributed by atoms with van der Waals surface area (Å²) in [6.45, 7) is 4.79. The molecule has 0 atom stereocenters. The molecule has 2 amide bonds. The Kier molecular flexibility index (Phi) is 4.87. The van der Waals surface area contributed by atoms with Crippen LogP contribution in [0.2, 0.25) is 0 Å². The van der Waals surface area contributed by atoms with E-state index in [1.807, 2.05) is 19.9 Å². The second-order valence-corrected chi connectivity index (χ2v) is 5.84. The molecule has 0 saturated carbocycles. The van der Waals surface area contributed by atoms with Gasteiger partial charge in [-0.1, -0.05) is 6.07 Å². The number of amides is 2. The predicted octanol–water partition coefficient (Wildman–Crippen LogP) is 0.661. The van der Waals surface area contributed by atoms with Gasteiger partial charge < -0.3 is 9.47 Å². The molecule has 1 aromatic carbocycles. The van der Waals surface area contributed by atoms with Gasteiger partial charge in [0.25, 0.3) is 5.91 Å². The molecule has 25 heavy (non-hydrogen) atoms. The molecule has 0 unspecified atom stereocenters. The summed E-state index contributed by atoms with van der Waals surface area (Å²) in [7, 11) is 0. The maximum Gasteiger partial charge on any atom is 0.260 e. The number of aromatic nitrogens is 2. The van der Waals surface area contributed by atoms with Gasteiger partial charge in [-0.25, -0.2) is 0 Å². The van der Waals surface area contributed by atoms with E-state index in [2.05, 4.69) is 16.0 Å². The molecule has 1 aliphatic heterocycles. The van der Waals surface area contributed by atoms with Crippen molar-refractivity contribution < 1.29 is 19.1 Å². The van der Waals surface area contributed by atoms with Crippen molar-refractivity contribution in [2.75, 3.05) is 13.2 Å². The van der Waals surface area contributed by atoms with Crippen LogP contribution in [0.3, 0.4) is 0 Å². The van der Waals surface area contributed by atoms with Crippen molar-refractivity contribution in [2.45, 2.75) is 26.8 Å². The van der Waals surface area contributed by atoms with Crippen LogP contribution < -0.4 is 20.3 Å². The lowest BCUT2D eigenvalue weighted by Crippen LogP contribution is -2.44. The first-order chi connectivity index (χ1) is 12.0. The third kappa shape index (κ3) is 4.28. The minimum Gasteiger partial charge on any atom is -0.486 e. The van der Waals surface area contributed by atoms with Gasteiger partial charge in [0, 0.05) is 5.69 Å². The molecule has 8 heteroatoms. The maximum atomic E-state index is 12.0. The first-order valence-electron chi connectivity index (χ1n) is 7.98. The SMILES string of the molecule is Cc1cc(C)n(CC(=O)NNC(=O)Cc2ccc3c(c2)OCCO3)n1. The zero-order chi connectivity index (χ0) is 17.8. The van der Waals surface area contributed by atoms with Gasteiger partial charge in [-0.15, -0.1) is 0 Å². The molecule has 8 nitrogen and oxygen atoms in total. The van der Waals surface area contributed by atoms with E-state index in [-0.39, 0.29) is 24.8 Å². The van der Waals surface area contributed by atoms with E-state index in [0.29, 0.717) is 24.7 Å². The molecule has 3 rings (SSSR count). The minimum absolute atomic E-state index is 0.0456. The molecule has 2 N–H and O–H groups in total. The van der Waals surface area contributed by atoms with Crippen LogP contribution in [0.4, 0.5) is 0 Å². The van der Waals surface area contributed by atoms with Crippen molar-refractivity contribution in [2.24, 2.45) is 0 Å². The first-order valence-corrected chi connectivity index (χ1v) is 7.98. The Morgan fingerprint density at radius 2 is 1.80 bits per heavy atom. The van der Waals surface area contributed by atoms with E-state index in [1.54, 1.807) is 22.9 Å². The molecule has 0 saturated heterocycles. The van der Waals surface area contributed by atoms with Gasteiger partial charge in [0.15, 0.2) is 11.5 Å². The largest absolute Gasteiger partial charge is 0.486 e. The van der Waals surface area contributed by atoms with Crippen LogP contribution in [0.25, 0.3) is 0 Å². The highest BCUT2D eigenvalue weighted by molar-refractivity contribution is 5.83. The van der Waals surface area contributed by atoms with Crippen LogP contribution in [0, 0.1) is 13.8 Å².